The van der Waals surface area contributed by atoms with E-state index in [0.29, 0.717) is 41.6 Å². The lowest BCUT2D eigenvalue weighted by atomic mass is 10.1. The van der Waals surface area contributed by atoms with Gasteiger partial charge in [0, 0.05) is 5.56 Å². The quantitative estimate of drug-likeness (QED) is 0.798. The molecule has 0 aliphatic carbocycles. The first-order chi connectivity index (χ1) is 12.8. The van der Waals surface area contributed by atoms with Crippen molar-refractivity contribution in [3.05, 3.63) is 47.5 Å². The Morgan fingerprint density at radius 1 is 1.22 bits per heavy atom. The monoisotopic (exact) mass is 392 g/mol. The summed E-state index contributed by atoms with van der Waals surface area (Å²) in [6.45, 7) is 2.54. The number of ether oxygens (including phenoxy) is 3. The lowest BCUT2D eigenvalue weighted by Gasteiger charge is -2.22. The molecule has 0 unspecified atom stereocenters. The van der Waals surface area contributed by atoms with Gasteiger partial charge in [-0.05, 0) is 36.8 Å². The van der Waals surface area contributed by atoms with E-state index in [0.717, 1.165) is 0 Å². The van der Waals surface area contributed by atoms with Crippen LogP contribution < -0.4 is 24.7 Å². The highest BCUT2D eigenvalue weighted by Crippen LogP contribution is 2.40. The summed E-state index contributed by atoms with van der Waals surface area (Å²) in [5, 5.41) is 7.98. The maximum absolute atomic E-state index is 12.7. The molecule has 8 nitrogen and oxygen atoms in total. The van der Waals surface area contributed by atoms with Gasteiger partial charge in [0.15, 0.2) is 11.5 Å². The molecule has 27 heavy (non-hydrogen) atoms. The number of hydrogen-bond donors (Lipinski definition) is 2. The molecule has 0 aromatic heterocycles. The van der Waals surface area contributed by atoms with E-state index in [-0.39, 0.29) is 10.8 Å². The van der Waals surface area contributed by atoms with E-state index in [1.54, 1.807) is 31.2 Å². The zero-order valence-electron chi connectivity index (χ0n) is 14.9. The van der Waals surface area contributed by atoms with Crippen LogP contribution in [0.1, 0.15) is 28.9 Å². The fourth-order valence-corrected chi connectivity index (χ4v) is 3.30. The Morgan fingerprint density at radius 2 is 1.96 bits per heavy atom. The average Bonchev–Trinajstić information content (AvgIpc) is 2.66. The molecule has 144 valence electrons. The number of carbonyl (C=O) groups is 1. The number of nitrogens with two attached hydrogens (primary N) is 1. The molecule has 1 heterocycles. The van der Waals surface area contributed by atoms with Gasteiger partial charge in [-0.15, -0.1) is 0 Å². The highest BCUT2D eigenvalue weighted by Gasteiger charge is 2.22. The van der Waals surface area contributed by atoms with Crippen LogP contribution >= 0.6 is 0 Å². The van der Waals surface area contributed by atoms with E-state index in [2.05, 4.69) is 5.32 Å². The molecule has 1 atom stereocenters. The summed E-state index contributed by atoms with van der Waals surface area (Å²) in [6, 6.07) is 8.83. The Bertz CT molecular complexity index is 957. The van der Waals surface area contributed by atoms with Crippen LogP contribution in [0.5, 0.6) is 17.2 Å². The number of benzene rings is 2. The van der Waals surface area contributed by atoms with Crippen LogP contribution in [0.3, 0.4) is 0 Å². The van der Waals surface area contributed by atoms with Crippen molar-refractivity contribution >= 4 is 15.9 Å². The maximum Gasteiger partial charge on any atom is 0.252 e. The van der Waals surface area contributed by atoms with Gasteiger partial charge in [-0.2, -0.15) is 0 Å². The summed E-state index contributed by atoms with van der Waals surface area (Å²) >= 11 is 0. The molecular weight excluding hydrogens is 372 g/mol. The zero-order chi connectivity index (χ0) is 19.6. The molecule has 2 aromatic rings. The molecule has 0 saturated carbocycles. The molecule has 9 heteroatoms. The summed E-state index contributed by atoms with van der Waals surface area (Å²) in [5.74, 6) is 0.948. The van der Waals surface area contributed by atoms with Crippen molar-refractivity contribution in [1.29, 1.82) is 0 Å². The number of primary sulfonamides is 1. The number of rotatable bonds is 5. The third-order valence-electron chi connectivity index (χ3n) is 4.12. The molecule has 0 bridgehead atoms. The van der Waals surface area contributed by atoms with Gasteiger partial charge < -0.3 is 19.5 Å². The predicted molar refractivity (Wildman–Crippen MR) is 97.7 cm³/mol. The standard InChI is InChI=1S/C18H20N2O6S/c1-11(12-4-3-5-14(8-12)27(19,22)23)20-18(21)13-9-15(24-2)17-16(10-13)25-6-7-26-17/h3-5,8-11H,6-7H2,1-2H3,(H,20,21)(H2,19,22,23)/t11-/m1/s1. The molecule has 0 fully saturated rings. The Morgan fingerprint density at radius 3 is 2.67 bits per heavy atom. The van der Waals surface area contributed by atoms with Gasteiger partial charge in [0.1, 0.15) is 13.2 Å². The first kappa shape index (κ1) is 19.0. The Hall–Kier alpha value is -2.78. The number of amides is 1. The SMILES string of the molecule is COc1cc(C(=O)N[C@H](C)c2cccc(S(N)(=O)=O)c2)cc2c1OCCO2. The number of methoxy groups -OCH3 is 1. The summed E-state index contributed by atoms with van der Waals surface area (Å²) in [5.41, 5.74) is 0.949. The summed E-state index contributed by atoms with van der Waals surface area (Å²) in [4.78, 5) is 12.6. The topological polar surface area (TPSA) is 117 Å². The lowest BCUT2D eigenvalue weighted by Crippen LogP contribution is -2.27. The van der Waals surface area contributed by atoms with Crippen LogP contribution in [-0.2, 0) is 10.0 Å². The first-order valence-corrected chi connectivity index (χ1v) is 9.75. The molecule has 0 spiro atoms. The smallest absolute Gasteiger partial charge is 0.252 e. The summed E-state index contributed by atoms with van der Waals surface area (Å²) in [6.07, 6.45) is 0. The van der Waals surface area contributed by atoms with Crippen LogP contribution in [0.4, 0.5) is 0 Å². The Labute approximate surface area is 157 Å². The van der Waals surface area contributed by atoms with Crippen LogP contribution in [0.2, 0.25) is 0 Å². The van der Waals surface area contributed by atoms with E-state index in [1.165, 1.54) is 19.2 Å². The van der Waals surface area contributed by atoms with Crippen LogP contribution in [0.25, 0.3) is 0 Å². The Kier molecular flexibility index (Phi) is 5.24. The second-order valence-corrected chi connectivity index (χ2v) is 7.58. The van der Waals surface area contributed by atoms with E-state index < -0.39 is 16.1 Å². The average molecular weight is 392 g/mol. The van der Waals surface area contributed by atoms with Crippen molar-refractivity contribution in [3.8, 4) is 17.2 Å². The van der Waals surface area contributed by atoms with Crippen LogP contribution in [0.15, 0.2) is 41.3 Å². The van der Waals surface area contributed by atoms with Gasteiger partial charge in [0.05, 0.1) is 18.0 Å². The lowest BCUT2D eigenvalue weighted by molar-refractivity contribution is 0.0938. The summed E-state index contributed by atoms with van der Waals surface area (Å²) in [7, 11) is -2.34. The Balaban J connectivity index is 1.83. The molecule has 3 N–H and O–H groups in total. The van der Waals surface area contributed by atoms with Crippen molar-refractivity contribution in [3.63, 3.8) is 0 Å². The highest BCUT2D eigenvalue weighted by atomic mass is 32.2. The second-order valence-electron chi connectivity index (χ2n) is 6.02. The summed E-state index contributed by atoms with van der Waals surface area (Å²) < 4.78 is 39.4. The van der Waals surface area contributed by atoms with E-state index in [9.17, 15) is 13.2 Å². The van der Waals surface area contributed by atoms with Crippen molar-refractivity contribution in [1.82, 2.24) is 5.32 Å². The number of sulfonamides is 1. The minimum atomic E-state index is -3.82. The number of fused-ring (bicyclic) bond motifs is 1. The fourth-order valence-electron chi connectivity index (χ4n) is 2.73. The van der Waals surface area contributed by atoms with Crippen molar-refractivity contribution < 1.29 is 27.4 Å². The molecule has 0 saturated heterocycles. The van der Waals surface area contributed by atoms with Gasteiger partial charge >= 0.3 is 0 Å². The number of carbonyl (C=O) groups excluding carboxylic acids is 1. The largest absolute Gasteiger partial charge is 0.493 e. The minimum absolute atomic E-state index is 0.0119. The molecule has 3 rings (SSSR count). The van der Waals surface area contributed by atoms with Gasteiger partial charge in [0.25, 0.3) is 5.91 Å². The third kappa shape index (κ3) is 4.15. The molecule has 2 aromatic carbocycles. The second kappa shape index (κ2) is 7.45. The van der Waals surface area contributed by atoms with E-state index >= 15 is 0 Å². The van der Waals surface area contributed by atoms with E-state index in [1.807, 2.05) is 0 Å². The molecule has 1 amide bonds. The molecule has 1 aliphatic heterocycles. The third-order valence-corrected chi connectivity index (χ3v) is 5.04. The van der Waals surface area contributed by atoms with E-state index in [4.69, 9.17) is 19.3 Å². The molecular formula is C18H20N2O6S. The van der Waals surface area contributed by atoms with Crippen molar-refractivity contribution in [2.24, 2.45) is 5.14 Å². The van der Waals surface area contributed by atoms with Crippen LogP contribution in [-0.4, -0.2) is 34.6 Å². The van der Waals surface area contributed by atoms with Gasteiger partial charge in [-0.3, -0.25) is 4.79 Å². The van der Waals surface area contributed by atoms with Gasteiger partial charge in [-0.1, -0.05) is 12.1 Å². The highest BCUT2D eigenvalue weighted by molar-refractivity contribution is 7.89. The first-order valence-electron chi connectivity index (χ1n) is 8.21. The van der Waals surface area contributed by atoms with Gasteiger partial charge in [-0.25, -0.2) is 13.6 Å². The number of nitrogens with one attached hydrogen (secondary N) is 1. The van der Waals surface area contributed by atoms with Crippen molar-refractivity contribution in [2.75, 3.05) is 20.3 Å². The maximum atomic E-state index is 12.7. The predicted octanol–water partition coefficient (Wildman–Crippen LogP) is 1.60. The van der Waals surface area contributed by atoms with Crippen molar-refractivity contribution in [2.45, 2.75) is 17.9 Å². The normalized spacial score (nSPS) is 14.3. The molecule has 0 radical (unpaired) electrons. The fraction of sp³-hybridized carbons (Fsp3) is 0.278. The zero-order valence-corrected chi connectivity index (χ0v) is 15.7. The number of hydrogen-bond acceptors (Lipinski definition) is 6. The van der Waals surface area contributed by atoms with Gasteiger partial charge in [0.2, 0.25) is 15.8 Å². The molecule has 1 aliphatic rings. The minimum Gasteiger partial charge on any atom is -0.493 e. The van der Waals surface area contributed by atoms with Crippen LogP contribution in [0, 0.1) is 0 Å².